The lowest BCUT2D eigenvalue weighted by molar-refractivity contribution is 0.0985. The van der Waals surface area contributed by atoms with Gasteiger partial charge in [0.15, 0.2) is 0 Å². The number of benzene rings is 3. The Labute approximate surface area is 199 Å². The number of anilines is 2. The molecule has 0 atom stereocenters. The number of nitrogens with zero attached hydrogens (tertiary/aromatic N) is 2. The molecule has 1 aromatic heterocycles. The first kappa shape index (κ1) is 21.4. The molecule has 1 N–H and O–H groups in total. The minimum atomic E-state index is -0.0943. The average molecular weight is 456 g/mol. The van der Waals surface area contributed by atoms with Crippen LogP contribution in [0.2, 0.25) is 5.02 Å². The molecule has 4 nitrogen and oxygen atoms in total. The van der Waals surface area contributed by atoms with Gasteiger partial charge < -0.3 is 14.8 Å². The van der Waals surface area contributed by atoms with Crippen molar-refractivity contribution in [3.63, 3.8) is 0 Å². The minimum absolute atomic E-state index is 0.0943. The number of rotatable bonds is 4. The van der Waals surface area contributed by atoms with Gasteiger partial charge in [0, 0.05) is 36.4 Å². The molecule has 0 saturated carbocycles. The Morgan fingerprint density at radius 1 is 0.970 bits per heavy atom. The summed E-state index contributed by atoms with van der Waals surface area (Å²) in [5.41, 5.74) is 8.27. The van der Waals surface area contributed by atoms with Gasteiger partial charge in [-0.15, -0.1) is 0 Å². The van der Waals surface area contributed by atoms with E-state index in [1.807, 2.05) is 47.4 Å². The molecule has 0 spiro atoms. The van der Waals surface area contributed by atoms with Crippen LogP contribution in [-0.2, 0) is 19.6 Å². The maximum absolute atomic E-state index is 13.7. The van der Waals surface area contributed by atoms with Crippen LogP contribution in [0.3, 0.4) is 0 Å². The molecule has 0 fully saturated rings. The molecule has 2 heterocycles. The molecule has 1 aliphatic rings. The van der Waals surface area contributed by atoms with Crippen molar-refractivity contribution in [2.45, 2.75) is 33.5 Å². The fraction of sp³-hybridized carbons (Fsp3) is 0.179. The smallest absolute Gasteiger partial charge is 0.260 e. The highest BCUT2D eigenvalue weighted by molar-refractivity contribution is 6.34. The Balaban J connectivity index is 1.40. The molecule has 0 saturated heterocycles. The van der Waals surface area contributed by atoms with Crippen molar-refractivity contribution in [2.75, 3.05) is 10.2 Å². The van der Waals surface area contributed by atoms with E-state index in [4.69, 9.17) is 11.6 Å². The zero-order chi connectivity index (χ0) is 22.9. The van der Waals surface area contributed by atoms with Crippen molar-refractivity contribution in [3.05, 3.63) is 118 Å². The van der Waals surface area contributed by atoms with E-state index in [0.717, 1.165) is 29.2 Å². The topological polar surface area (TPSA) is 37.3 Å². The van der Waals surface area contributed by atoms with Gasteiger partial charge >= 0.3 is 0 Å². The molecule has 0 radical (unpaired) electrons. The predicted octanol–water partition coefficient (Wildman–Crippen LogP) is 6.58. The first-order chi connectivity index (χ1) is 16.0. The largest absolute Gasteiger partial charge is 0.381 e. The van der Waals surface area contributed by atoms with E-state index in [-0.39, 0.29) is 5.91 Å². The number of carbonyl (C=O) groups excluding carboxylic acids is 1. The standard InChI is InChI=1S/C28H26ClN3O/c1-19-9-10-20(2)22(14-19)16-30-23-11-12-25(26(29)15-23)28(33)32-18-24-7-5-13-31(24)17-21-6-3-4-8-27(21)32/h3-15,30H,16-18H2,1-2H3. The number of para-hydroxylation sites is 1. The second-order valence-electron chi connectivity index (χ2n) is 8.63. The molecule has 3 aromatic carbocycles. The lowest BCUT2D eigenvalue weighted by Crippen LogP contribution is -2.30. The van der Waals surface area contributed by atoms with Crippen molar-refractivity contribution in [2.24, 2.45) is 0 Å². The Morgan fingerprint density at radius 2 is 1.82 bits per heavy atom. The molecular weight excluding hydrogens is 430 g/mol. The van der Waals surface area contributed by atoms with E-state index in [2.05, 4.69) is 60.3 Å². The van der Waals surface area contributed by atoms with Gasteiger partial charge in [0.05, 0.1) is 17.1 Å². The number of fused-ring (bicyclic) bond motifs is 2. The van der Waals surface area contributed by atoms with Gasteiger partial charge in [-0.3, -0.25) is 4.79 Å². The Kier molecular flexibility index (Phi) is 5.69. The number of nitrogens with one attached hydrogen (secondary N) is 1. The van der Waals surface area contributed by atoms with Gasteiger partial charge in [-0.2, -0.15) is 0 Å². The first-order valence-electron chi connectivity index (χ1n) is 11.1. The van der Waals surface area contributed by atoms with Gasteiger partial charge in [0.25, 0.3) is 5.91 Å². The molecule has 0 bridgehead atoms. The van der Waals surface area contributed by atoms with Crippen LogP contribution < -0.4 is 10.2 Å². The van der Waals surface area contributed by atoms with E-state index in [1.165, 1.54) is 16.7 Å². The number of aromatic nitrogens is 1. The summed E-state index contributed by atoms with van der Waals surface area (Å²) in [6, 6.07) is 24.2. The molecule has 4 aromatic rings. The van der Waals surface area contributed by atoms with E-state index >= 15 is 0 Å². The van der Waals surface area contributed by atoms with Crippen LogP contribution in [0, 0.1) is 13.8 Å². The quantitative estimate of drug-likeness (QED) is 0.377. The lowest BCUT2D eigenvalue weighted by Gasteiger charge is -2.23. The molecule has 1 aliphatic heterocycles. The summed E-state index contributed by atoms with van der Waals surface area (Å²) < 4.78 is 2.19. The molecule has 166 valence electrons. The predicted molar refractivity (Wildman–Crippen MR) is 135 cm³/mol. The average Bonchev–Trinajstić information content (AvgIpc) is 3.18. The SMILES string of the molecule is Cc1ccc(C)c(CNc2ccc(C(=O)N3Cc4cccn4Cc4ccccc43)c(Cl)c2)c1. The summed E-state index contributed by atoms with van der Waals surface area (Å²) in [5.74, 6) is -0.0943. The summed E-state index contributed by atoms with van der Waals surface area (Å²) in [4.78, 5) is 15.5. The van der Waals surface area contributed by atoms with Crippen molar-refractivity contribution in [1.82, 2.24) is 4.57 Å². The highest BCUT2D eigenvalue weighted by Gasteiger charge is 2.26. The van der Waals surface area contributed by atoms with Gasteiger partial charge in [-0.05, 0) is 66.9 Å². The third-order valence-corrected chi connectivity index (χ3v) is 6.61. The van der Waals surface area contributed by atoms with Crippen LogP contribution in [0.4, 0.5) is 11.4 Å². The zero-order valence-corrected chi connectivity index (χ0v) is 19.6. The monoisotopic (exact) mass is 455 g/mol. The molecule has 0 aliphatic carbocycles. The summed E-state index contributed by atoms with van der Waals surface area (Å²) >= 11 is 6.64. The van der Waals surface area contributed by atoms with Crippen LogP contribution in [0.25, 0.3) is 0 Å². The summed E-state index contributed by atoms with van der Waals surface area (Å²) in [6.45, 7) is 6.16. The number of halogens is 1. The molecule has 5 heteroatoms. The number of hydrogen-bond acceptors (Lipinski definition) is 2. The normalized spacial score (nSPS) is 12.6. The number of amides is 1. The van der Waals surface area contributed by atoms with E-state index in [9.17, 15) is 4.79 Å². The van der Waals surface area contributed by atoms with Crippen LogP contribution in [0.5, 0.6) is 0 Å². The Bertz CT molecular complexity index is 1340. The third kappa shape index (κ3) is 4.27. The van der Waals surface area contributed by atoms with Gasteiger partial charge in [0.2, 0.25) is 0 Å². The fourth-order valence-corrected chi connectivity index (χ4v) is 4.66. The highest BCUT2D eigenvalue weighted by atomic mass is 35.5. The second kappa shape index (κ2) is 8.80. The molecular formula is C28H26ClN3O. The lowest BCUT2D eigenvalue weighted by atomic mass is 10.1. The van der Waals surface area contributed by atoms with Crippen LogP contribution >= 0.6 is 11.6 Å². The van der Waals surface area contributed by atoms with Crippen molar-refractivity contribution in [1.29, 1.82) is 0 Å². The highest BCUT2D eigenvalue weighted by Crippen LogP contribution is 2.31. The maximum Gasteiger partial charge on any atom is 0.260 e. The van der Waals surface area contributed by atoms with E-state index in [1.54, 1.807) is 0 Å². The number of aryl methyl sites for hydroxylation is 2. The Morgan fingerprint density at radius 3 is 2.67 bits per heavy atom. The molecule has 33 heavy (non-hydrogen) atoms. The first-order valence-corrected chi connectivity index (χ1v) is 11.5. The van der Waals surface area contributed by atoms with Crippen LogP contribution in [-0.4, -0.2) is 10.5 Å². The summed E-state index contributed by atoms with van der Waals surface area (Å²) in [6.07, 6.45) is 2.06. The van der Waals surface area contributed by atoms with E-state index < -0.39 is 0 Å². The van der Waals surface area contributed by atoms with Crippen molar-refractivity contribution >= 4 is 28.9 Å². The number of hydrogen-bond donors (Lipinski definition) is 1. The summed E-state index contributed by atoms with van der Waals surface area (Å²) in [5, 5.41) is 3.89. The molecule has 1 amide bonds. The fourth-order valence-electron chi connectivity index (χ4n) is 4.40. The van der Waals surface area contributed by atoms with Gasteiger partial charge in [-0.1, -0.05) is 53.6 Å². The Hall–Kier alpha value is -3.50. The van der Waals surface area contributed by atoms with E-state index in [0.29, 0.717) is 23.7 Å². The second-order valence-corrected chi connectivity index (χ2v) is 9.03. The summed E-state index contributed by atoms with van der Waals surface area (Å²) in [7, 11) is 0. The van der Waals surface area contributed by atoms with Crippen LogP contribution in [0.15, 0.2) is 79.0 Å². The van der Waals surface area contributed by atoms with Crippen molar-refractivity contribution in [3.8, 4) is 0 Å². The van der Waals surface area contributed by atoms with Gasteiger partial charge in [-0.25, -0.2) is 0 Å². The third-order valence-electron chi connectivity index (χ3n) is 6.30. The maximum atomic E-state index is 13.7. The zero-order valence-electron chi connectivity index (χ0n) is 18.8. The van der Waals surface area contributed by atoms with Crippen LogP contribution in [0.1, 0.15) is 38.3 Å². The van der Waals surface area contributed by atoms with Gasteiger partial charge in [0.1, 0.15) is 0 Å². The molecule has 0 unspecified atom stereocenters. The molecule has 5 rings (SSSR count). The van der Waals surface area contributed by atoms with Crippen molar-refractivity contribution < 1.29 is 4.79 Å². The number of carbonyl (C=O) groups is 1. The minimum Gasteiger partial charge on any atom is -0.381 e.